The van der Waals surface area contributed by atoms with Crippen LogP contribution in [0.15, 0.2) is 11.8 Å². The smallest absolute Gasteiger partial charge is 0.375 e. The van der Waals surface area contributed by atoms with Crippen molar-refractivity contribution in [3.8, 4) is 0 Å². The Labute approximate surface area is 152 Å². The zero-order chi connectivity index (χ0) is 20.9. The van der Waals surface area contributed by atoms with Crippen LogP contribution in [-0.4, -0.2) is 85.8 Å². The van der Waals surface area contributed by atoms with Gasteiger partial charge in [-0.15, -0.1) is 0 Å². The number of carbonyl (C=O) groups is 5. The summed E-state index contributed by atoms with van der Waals surface area (Å²) in [5.41, 5.74) is 0. The number of esters is 2. The van der Waals surface area contributed by atoms with Crippen LogP contribution in [0, 0.1) is 0 Å². The summed E-state index contributed by atoms with van der Waals surface area (Å²) in [7, 11) is 6.05. The molecule has 0 rings (SSSR count). The third-order valence-electron chi connectivity index (χ3n) is 2.50. The molecule has 0 aliphatic heterocycles. The maximum absolute atomic E-state index is 11.0. The van der Waals surface area contributed by atoms with E-state index in [9.17, 15) is 24.0 Å². The number of carbonyl (C=O) groups excluding carboxylic acids is 5. The Balaban J connectivity index is 0. The molecule has 0 radical (unpaired) electrons. The van der Waals surface area contributed by atoms with Gasteiger partial charge in [0.05, 0.1) is 25.7 Å². The van der Waals surface area contributed by atoms with Crippen LogP contribution in [0.3, 0.4) is 0 Å². The van der Waals surface area contributed by atoms with Gasteiger partial charge in [0.15, 0.2) is 0 Å². The Morgan fingerprint density at radius 3 is 1.69 bits per heavy atom. The normalized spacial score (nSPS) is 10.0. The Morgan fingerprint density at radius 2 is 1.31 bits per heavy atom. The molecule has 0 atom stereocenters. The fourth-order valence-electron chi connectivity index (χ4n) is 1.09. The standard InChI is InChI=1S/2C8H13NO4/c2*1-4-13-8(12)6(10)5-7(11)9(2)3/h4-5H2,1-3H3;5,10H,4H2,1-3H3/b;6-5-. The minimum Gasteiger partial charge on any atom is -0.502 e. The van der Waals surface area contributed by atoms with Gasteiger partial charge in [-0.05, 0) is 13.8 Å². The molecule has 0 aromatic heterocycles. The molecule has 148 valence electrons. The number of ketones is 1. The van der Waals surface area contributed by atoms with Gasteiger partial charge in [-0.2, -0.15) is 0 Å². The average molecular weight is 374 g/mol. The van der Waals surface area contributed by atoms with E-state index in [-0.39, 0.29) is 13.2 Å². The van der Waals surface area contributed by atoms with Crippen LogP contribution in [0.2, 0.25) is 0 Å². The molecular weight excluding hydrogens is 348 g/mol. The predicted molar refractivity (Wildman–Crippen MR) is 91.0 cm³/mol. The number of ether oxygens (including phenoxy) is 2. The first-order valence-electron chi connectivity index (χ1n) is 7.66. The Kier molecular flexibility index (Phi) is 13.0. The number of aliphatic hydroxyl groups excluding tert-OH is 1. The molecule has 0 aromatic carbocycles. The van der Waals surface area contributed by atoms with Gasteiger partial charge in [0, 0.05) is 28.2 Å². The van der Waals surface area contributed by atoms with Crippen molar-refractivity contribution < 1.29 is 38.6 Å². The number of nitrogens with zero attached hydrogens (tertiary/aromatic N) is 2. The van der Waals surface area contributed by atoms with Gasteiger partial charge in [0.25, 0.3) is 0 Å². The molecule has 0 heterocycles. The van der Waals surface area contributed by atoms with Gasteiger partial charge in [-0.25, -0.2) is 9.59 Å². The lowest BCUT2D eigenvalue weighted by Gasteiger charge is -2.08. The van der Waals surface area contributed by atoms with E-state index in [2.05, 4.69) is 9.47 Å². The number of likely N-dealkylation sites (N-methyl/N-ethyl adjacent to an activating group) is 1. The quantitative estimate of drug-likeness (QED) is 0.211. The molecule has 0 aliphatic carbocycles. The Hall–Kier alpha value is -2.91. The molecule has 10 heteroatoms. The fourth-order valence-corrected chi connectivity index (χ4v) is 1.09. The van der Waals surface area contributed by atoms with E-state index in [0.29, 0.717) is 0 Å². The van der Waals surface area contributed by atoms with Crippen LogP contribution < -0.4 is 0 Å². The van der Waals surface area contributed by atoms with Crippen molar-refractivity contribution in [2.45, 2.75) is 20.3 Å². The summed E-state index contributed by atoms with van der Waals surface area (Å²) in [6.45, 7) is 3.51. The van der Waals surface area contributed by atoms with E-state index < -0.39 is 41.7 Å². The second kappa shape index (κ2) is 13.4. The summed E-state index contributed by atoms with van der Waals surface area (Å²) < 4.78 is 8.88. The summed E-state index contributed by atoms with van der Waals surface area (Å²) in [4.78, 5) is 56.9. The third-order valence-corrected chi connectivity index (χ3v) is 2.50. The second-order valence-electron chi connectivity index (χ2n) is 5.09. The minimum atomic E-state index is -0.947. The van der Waals surface area contributed by atoms with Crippen molar-refractivity contribution in [2.75, 3.05) is 41.4 Å². The van der Waals surface area contributed by atoms with Crippen LogP contribution in [0.25, 0.3) is 0 Å². The van der Waals surface area contributed by atoms with E-state index >= 15 is 0 Å². The first-order chi connectivity index (χ1) is 12.0. The van der Waals surface area contributed by atoms with E-state index in [4.69, 9.17) is 5.11 Å². The van der Waals surface area contributed by atoms with Gasteiger partial charge in [0.2, 0.25) is 23.4 Å². The van der Waals surface area contributed by atoms with Crippen LogP contribution in [-0.2, 0) is 33.4 Å². The zero-order valence-electron chi connectivity index (χ0n) is 15.9. The molecular formula is C16H26N2O8. The predicted octanol–water partition coefficient (Wildman–Crippen LogP) is -0.323. The lowest BCUT2D eigenvalue weighted by molar-refractivity contribution is -0.155. The van der Waals surface area contributed by atoms with Gasteiger partial charge in [-0.1, -0.05) is 0 Å². The number of hydrogen-bond donors (Lipinski definition) is 1. The summed E-state index contributed by atoms with van der Waals surface area (Å²) in [6, 6.07) is 0. The maximum atomic E-state index is 11.0. The highest BCUT2D eigenvalue weighted by molar-refractivity contribution is 6.36. The molecule has 2 amide bonds. The van der Waals surface area contributed by atoms with Gasteiger partial charge in [-0.3, -0.25) is 14.4 Å². The lowest BCUT2D eigenvalue weighted by Crippen LogP contribution is -2.28. The largest absolute Gasteiger partial charge is 0.502 e. The van der Waals surface area contributed by atoms with E-state index in [1.807, 2.05) is 0 Å². The van der Waals surface area contributed by atoms with E-state index in [1.54, 1.807) is 13.8 Å². The number of hydrogen-bond acceptors (Lipinski definition) is 8. The number of amides is 2. The summed E-state index contributed by atoms with van der Waals surface area (Å²) in [5, 5.41) is 9.01. The number of Topliss-reactive ketones (excluding diaryl/α,β-unsaturated/α-hetero) is 1. The summed E-state index contributed by atoms with van der Waals surface area (Å²) >= 11 is 0. The second-order valence-corrected chi connectivity index (χ2v) is 5.09. The van der Waals surface area contributed by atoms with Gasteiger partial charge >= 0.3 is 11.9 Å². The molecule has 0 fully saturated rings. The lowest BCUT2D eigenvalue weighted by atomic mass is 10.2. The van der Waals surface area contributed by atoms with Crippen LogP contribution in [0.1, 0.15) is 20.3 Å². The van der Waals surface area contributed by atoms with Crippen LogP contribution >= 0.6 is 0 Å². The molecule has 0 saturated heterocycles. The van der Waals surface area contributed by atoms with E-state index in [0.717, 1.165) is 6.08 Å². The Morgan fingerprint density at radius 1 is 0.846 bits per heavy atom. The molecule has 0 unspecified atom stereocenters. The summed E-state index contributed by atoms with van der Waals surface area (Å²) in [5.74, 6) is -4.19. The SMILES string of the molecule is CCOC(=O)/C(O)=C/C(=O)N(C)C.CCOC(=O)C(=O)CC(=O)N(C)C. The molecule has 0 aliphatic rings. The van der Waals surface area contributed by atoms with Crippen molar-refractivity contribution in [3.63, 3.8) is 0 Å². The van der Waals surface area contributed by atoms with Crippen LogP contribution in [0.4, 0.5) is 0 Å². The maximum Gasteiger partial charge on any atom is 0.375 e. The van der Waals surface area contributed by atoms with Crippen molar-refractivity contribution in [3.05, 3.63) is 11.8 Å². The molecule has 0 aromatic rings. The van der Waals surface area contributed by atoms with E-state index in [1.165, 1.54) is 38.0 Å². The zero-order valence-corrected chi connectivity index (χ0v) is 15.9. The number of rotatable bonds is 7. The van der Waals surface area contributed by atoms with Crippen molar-refractivity contribution in [1.82, 2.24) is 9.80 Å². The first kappa shape index (κ1) is 25.3. The third kappa shape index (κ3) is 11.6. The van der Waals surface area contributed by atoms with Crippen molar-refractivity contribution in [1.29, 1.82) is 0 Å². The van der Waals surface area contributed by atoms with Gasteiger partial charge < -0.3 is 24.4 Å². The fraction of sp³-hybridized carbons (Fsp3) is 0.562. The highest BCUT2D eigenvalue weighted by Gasteiger charge is 2.19. The molecule has 0 saturated carbocycles. The minimum absolute atomic E-state index is 0.140. The first-order valence-corrected chi connectivity index (χ1v) is 7.66. The number of aliphatic hydroxyl groups is 1. The molecule has 10 nitrogen and oxygen atoms in total. The molecule has 1 N–H and O–H groups in total. The topological polar surface area (TPSA) is 131 Å². The Bertz CT molecular complexity index is 552. The van der Waals surface area contributed by atoms with Crippen LogP contribution in [0.5, 0.6) is 0 Å². The summed E-state index contributed by atoms with van der Waals surface area (Å²) in [6.07, 6.45) is 0.393. The highest BCUT2D eigenvalue weighted by atomic mass is 16.5. The van der Waals surface area contributed by atoms with Gasteiger partial charge in [0.1, 0.15) is 0 Å². The highest BCUT2D eigenvalue weighted by Crippen LogP contribution is 1.94. The molecule has 0 spiro atoms. The molecule has 26 heavy (non-hydrogen) atoms. The monoisotopic (exact) mass is 374 g/mol. The van der Waals surface area contributed by atoms with Crippen molar-refractivity contribution in [2.24, 2.45) is 0 Å². The molecule has 0 bridgehead atoms. The van der Waals surface area contributed by atoms with Crippen molar-refractivity contribution >= 4 is 29.5 Å². The average Bonchev–Trinajstić information content (AvgIpc) is 2.55.